The number of ether oxygens (including phenoxy) is 2. The molecular formula is C20H25NO2. The lowest BCUT2D eigenvalue weighted by Crippen LogP contribution is -2.20. The molecule has 0 aromatic heterocycles. The fraction of sp³-hybridized carbons (Fsp3) is 0.400. The third kappa shape index (κ3) is 4.05. The molecule has 0 aliphatic heterocycles. The fourth-order valence-corrected chi connectivity index (χ4v) is 3.17. The van der Waals surface area contributed by atoms with Crippen LogP contribution in [0.5, 0.6) is 11.5 Å². The maximum Gasteiger partial charge on any atom is 0.164 e. The Hall–Kier alpha value is -2.00. The number of benzene rings is 2. The molecule has 0 fully saturated rings. The number of hydrogen-bond acceptors (Lipinski definition) is 3. The first-order valence-corrected chi connectivity index (χ1v) is 8.44. The molecule has 3 nitrogen and oxygen atoms in total. The van der Waals surface area contributed by atoms with Crippen molar-refractivity contribution in [2.24, 2.45) is 0 Å². The molecule has 3 rings (SSSR count). The van der Waals surface area contributed by atoms with Gasteiger partial charge in [0.2, 0.25) is 0 Å². The summed E-state index contributed by atoms with van der Waals surface area (Å²) in [6.07, 6.45) is 4.78. The molecule has 0 spiro atoms. The van der Waals surface area contributed by atoms with Crippen LogP contribution < -0.4 is 14.8 Å². The molecule has 1 aliphatic rings. The first kappa shape index (κ1) is 15.9. The van der Waals surface area contributed by atoms with Crippen LogP contribution in [-0.2, 0) is 19.4 Å². The van der Waals surface area contributed by atoms with Crippen LogP contribution >= 0.6 is 0 Å². The third-order valence-electron chi connectivity index (χ3n) is 4.36. The van der Waals surface area contributed by atoms with Crippen LogP contribution in [0.3, 0.4) is 0 Å². The standard InChI is InChI=1S/C20H25NO2/c1-22-20-18-10-6-5-9-17(18)11-12-19(20)23-14-13-21-15-16-7-3-2-4-8-16/h2-4,7-8,11-12,21H,5-6,9-10,13-15H2,1H3. The van der Waals surface area contributed by atoms with Crippen LogP contribution in [0.15, 0.2) is 42.5 Å². The molecule has 23 heavy (non-hydrogen) atoms. The Kier molecular flexibility index (Phi) is 5.54. The molecule has 0 heterocycles. The zero-order valence-electron chi connectivity index (χ0n) is 13.8. The number of nitrogens with one attached hydrogen (secondary N) is 1. The van der Waals surface area contributed by atoms with Crippen molar-refractivity contribution >= 4 is 0 Å². The van der Waals surface area contributed by atoms with Gasteiger partial charge in [-0.05, 0) is 42.9 Å². The molecule has 0 bridgehead atoms. The largest absolute Gasteiger partial charge is 0.493 e. The van der Waals surface area contributed by atoms with Crippen LogP contribution in [-0.4, -0.2) is 20.3 Å². The second-order valence-corrected chi connectivity index (χ2v) is 5.95. The van der Waals surface area contributed by atoms with Gasteiger partial charge in [0.15, 0.2) is 11.5 Å². The number of hydrogen-bond donors (Lipinski definition) is 1. The van der Waals surface area contributed by atoms with E-state index < -0.39 is 0 Å². The first-order valence-electron chi connectivity index (χ1n) is 8.44. The Balaban J connectivity index is 1.52. The van der Waals surface area contributed by atoms with Crippen molar-refractivity contribution in [1.82, 2.24) is 5.32 Å². The highest BCUT2D eigenvalue weighted by molar-refractivity contribution is 5.51. The molecule has 1 N–H and O–H groups in total. The van der Waals surface area contributed by atoms with Gasteiger partial charge in [0, 0.05) is 18.7 Å². The Labute approximate surface area is 138 Å². The van der Waals surface area contributed by atoms with E-state index in [4.69, 9.17) is 9.47 Å². The highest BCUT2D eigenvalue weighted by Gasteiger charge is 2.17. The van der Waals surface area contributed by atoms with E-state index in [0.717, 1.165) is 37.4 Å². The Morgan fingerprint density at radius 2 is 1.83 bits per heavy atom. The van der Waals surface area contributed by atoms with E-state index in [0.29, 0.717) is 6.61 Å². The highest BCUT2D eigenvalue weighted by Crippen LogP contribution is 2.37. The van der Waals surface area contributed by atoms with E-state index in [1.165, 1.54) is 29.5 Å². The maximum atomic E-state index is 5.94. The molecule has 0 atom stereocenters. The van der Waals surface area contributed by atoms with Crippen molar-refractivity contribution in [1.29, 1.82) is 0 Å². The average Bonchev–Trinajstić information content (AvgIpc) is 2.62. The topological polar surface area (TPSA) is 30.5 Å². The second-order valence-electron chi connectivity index (χ2n) is 5.95. The molecule has 122 valence electrons. The predicted octanol–water partition coefficient (Wildman–Crippen LogP) is 3.74. The molecule has 0 saturated heterocycles. The predicted molar refractivity (Wildman–Crippen MR) is 93.3 cm³/mol. The highest BCUT2D eigenvalue weighted by atomic mass is 16.5. The van der Waals surface area contributed by atoms with Gasteiger partial charge < -0.3 is 14.8 Å². The van der Waals surface area contributed by atoms with Crippen LogP contribution in [0.2, 0.25) is 0 Å². The zero-order chi connectivity index (χ0) is 15.9. The summed E-state index contributed by atoms with van der Waals surface area (Å²) in [5.74, 6) is 1.81. The third-order valence-corrected chi connectivity index (χ3v) is 4.36. The first-order chi connectivity index (χ1) is 11.4. The van der Waals surface area contributed by atoms with Gasteiger partial charge in [0.05, 0.1) is 7.11 Å². The molecular weight excluding hydrogens is 286 g/mol. The van der Waals surface area contributed by atoms with Gasteiger partial charge in [-0.25, -0.2) is 0 Å². The Morgan fingerprint density at radius 1 is 1.00 bits per heavy atom. The van der Waals surface area contributed by atoms with Gasteiger partial charge in [0.1, 0.15) is 6.61 Å². The van der Waals surface area contributed by atoms with Crippen LogP contribution in [0.4, 0.5) is 0 Å². The number of methoxy groups -OCH3 is 1. The lowest BCUT2D eigenvalue weighted by atomic mass is 9.91. The fourth-order valence-electron chi connectivity index (χ4n) is 3.17. The van der Waals surface area contributed by atoms with E-state index >= 15 is 0 Å². The molecule has 1 aliphatic carbocycles. The number of fused-ring (bicyclic) bond motifs is 1. The summed E-state index contributed by atoms with van der Waals surface area (Å²) >= 11 is 0. The number of rotatable bonds is 7. The molecule has 0 unspecified atom stereocenters. The summed E-state index contributed by atoms with van der Waals surface area (Å²) in [5.41, 5.74) is 4.05. The minimum atomic E-state index is 0.641. The lowest BCUT2D eigenvalue weighted by molar-refractivity contribution is 0.290. The smallest absolute Gasteiger partial charge is 0.164 e. The summed E-state index contributed by atoms with van der Waals surface area (Å²) in [6.45, 7) is 2.32. The van der Waals surface area contributed by atoms with Crippen molar-refractivity contribution in [2.45, 2.75) is 32.2 Å². The van der Waals surface area contributed by atoms with Crippen molar-refractivity contribution in [2.75, 3.05) is 20.3 Å². The van der Waals surface area contributed by atoms with Crippen molar-refractivity contribution in [3.63, 3.8) is 0 Å². The van der Waals surface area contributed by atoms with Gasteiger partial charge in [-0.3, -0.25) is 0 Å². The summed E-state index contributed by atoms with van der Waals surface area (Å²) < 4.78 is 11.6. The summed E-state index contributed by atoms with van der Waals surface area (Å²) in [7, 11) is 1.74. The van der Waals surface area contributed by atoms with Gasteiger partial charge in [-0.15, -0.1) is 0 Å². The van der Waals surface area contributed by atoms with E-state index in [9.17, 15) is 0 Å². The maximum absolute atomic E-state index is 5.94. The zero-order valence-corrected chi connectivity index (χ0v) is 13.8. The molecule has 2 aromatic rings. The van der Waals surface area contributed by atoms with Gasteiger partial charge in [-0.1, -0.05) is 36.4 Å². The summed E-state index contributed by atoms with van der Waals surface area (Å²) in [6, 6.07) is 14.7. The summed E-state index contributed by atoms with van der Waals surface area (Å²) in [5, 5.41) is 3.41. The summed E-state index contributed by atoms with van der Waals surface area (Å²) in [4.78, 5) is 0. The molecule has 0 saturated carbocycles. The van der Waals surface area contributed by atoms with Crippen LogP contribution in [0, 0.1) is 0 Å². The van der Waals surface area contributed by atoms with Gasteiger partial charge >= 0.3 is 0 Å². The SMILES string of the molecule is COc1c(OCCNCc2ccccc2)ccc2c1CCCC2. The van der Waals surface area contributed by atoms with E-state index in [2.05, 4.69) is 41.7 Å². The van der Waals surface area contributed by atoms with Gasteiger partial charge in [0.25, 0.3) is 0 Å². The Morgan fingerprint density at radius 3 is 2.65 bits per heavy atom. The monoisotopic (exact) mass is 311 g/mol. The van der Waals surface area contributed by atoms with Gasteiger partial charge in [-0.2, -0.15) is 0 Å². The Bertz CT molecular complexity index is 625. The van der Waals surface area contributed by atoms with E-state index in [1.54, 1.807) is 7.11 Å². The minimum absolute atomic E-state index is 0.641. The average molecular weight is 311 g/mol. The van der Waals surface area contributed by atoms with E-state index in [-0.39, 0.29) is 0 Å². The van der Waals surface area contributed by atoms with E-state index in [1.807, 2.05) is 6.07 Å². The van der Waals surface area contributed by atoms with Crippen molar-refractivity contribution in [3.05, 3.63) is 59.2 Å². The number of aryl methyl sites for hydroxylation is 1. The van der Waals surface area contributed by atoms with Crippen LogP contribution in [0.1, 0.15) is 29.5 Å². The lowest BCUT2D eigenvalue weighted by Gasteiger charge is -2.21. The molecule has 3 heteroatoms. The second kappa shape index (κ2) is 8.02. The van der Waals surface area contributed by atoms with Crippen LogP contribution in [0.25, 0.3) is 0 Å². The normalized spacial score (nSPS) is 13.4. The quantitative estimate of drug-likeness (QED) is 0.790. The minimum Gasteiger partial charge on any atom is -0.493 e. The molecule has 2 aromatic carbocycles. The van der Waals surface area contributed by atoms with Crippen molar-refractivity contribution in [3.8, 4) is 11.5 Å². The molecule has 0 amide bonds. The molecule has 0 radical (unpaired) electrons. The van der Waals surface area contributed by atoms with Crippen molar-refractivity contribution < 1.29 is 9.47 Å².